The fraction of sp³-hybridized carbons (Fsp3) is 0.333. The largest absolute Gasteiger partial charge is 0.326 e. The van der Waals surface area contributed by atoms with E-state index in [4.69, 9.17) is 0 Å². The van der Waals surface area contributed by atoms with Gasteiger partial charge in [-0.25, -0.2) is 12.1 Å². The zero-order valence-electron chi connectivity index (χ0n) is 8.46. The summed E-state index contributed by atoms with van der Waals surface area (Å²) in [6.45, 7) is 6.30. The van der Waals surface area contributed by atoms with Crippen LogP contribution in [0.3, 0.4) is 0 Å². The number of benzene rings is 1. The number of hydrogen-bond acceptors (Lipinski definition) is 0. The smallest absolute Gasteiger partial charge is 0 e. The van der Waals surface area contributed by atoms with Crippen LogP contribution in [-0.2, 0) is 32.7 Å². The van der Waals surface area contributed by atoms with Gasteiger partial charge in [-0.05, 0) is 0 Å². The SMILES string of the molecule is C[C-]=C(c1[c-]cccc1)C(C)C.[Y]. The minimum absolute atomic E-state index is 0. The molecule has 0 spiro atoms. The van der Waals surface area contributed by atoms with Crippen molar-refractivity contribution in [2.24, 2.45) is 5.92 Å². The molecule has 0 aliphatic rings. The molecule has 1 rings (SSSR count). The minimum atomic E-state index is 0. The van der Waals surface area contributed by atoms with Crippen molar-refractivity contribution in [3.8, 4) is 0 Å². The van der Waals surface area contributed by atoms with Crippen LogP contribution in [0.1, 0.15) is 26.3 Å². The molecule has 0 fully saturated rings. The molecule has 1 aromatic rings. The Morgan fingerprint density at radius 1 is 1.38 bits per heavy atom. The summed E-state index contributed by atoms with van der Waals surface area (Å²) in [5.74, 6) is 0.522. The zero-order chi connectivity index (χ0) is 8.97. The second-order valence-corrected chi connectivity index (χ2v) is 3.09. The maximum atomic E-state index is 3.20. The van der Waals surface area contributed by atoms with Gasteiger partial charge in [0.05, 0.1) is 0 Å². The van der Waals surface area contributed by atoms with Crippen molar-refractivity contribution in [2.75, 3.05) is 0 Å². The Labute approximate surface area is 106 Å². The quantitative estimate of drug-likeness (QED) is 0.703. The van der Waals surface area contributed by atoms with Crippen molar-refractivity contribution in [2.45, 2.75) is 20.8 Å². The molecule has 0 bridgehead atoms. The van der Waals surface area contributed by atoms with E-state index in [1.807, 2.05) is 25.1 Å². The van der Waals surface area contributed by atoms with Gasteiger partial charge in [-0.15, -0.1) is 13.0 Å². The average molecular weight is 247 g/mol. The van der Waals surface area contributed by atoms with Crippen LogP contribution in [0, 0.1) is 18.1 Å². The maximum absolute atomic E-state index is 3.20. The van der Waals surface area contributed by atoms with E-state index in [2.05, 4.69) is 32.1 Å². The summed E-state index contributed by atoms with van der Waals surface area (Å²) < 4.78 is 0. The Kier molecular flexibility index (Phi) is 6.54. The molecule has 0 aromatic heterocycles. The number of rotatable bonds is 2. The van der Waals surface area contributed by atoms with Gasteiger partial charge in [0, 0.05) is 32.7 Å². The number of hydrogen-bond donors (Lipinski definition) is 0. The van der Waals surface area contributed by atoms with E-state index in [9.17, 15) is 0 Å². The van der Waals surface area contributed by atoms with Crippen LogP contribution >= 0.6 is 0 Å². The molecule has 0 nitrogen and oxygen atoms in total. The fourth-order valence-electron chi connectivity index (χ4n) is 1.30. The van der Waals surface area contributed by atoms with Crippen LogP contribution in [0.4, 0.5) is 0 Å². The third-order valence-electron chi connectivity index (χ3n) is 1.85. The number of allylic oxidation sites excluding steroid dienone is 2. The molecule has 0 amide bonds. The summed E-state index contributed by atoms with van der Waals surface area (Å²) in [6, 6.07) is 11.2. The first kappa shape index (κ1) is 13.1. The van der Waals surface area contributed by atoms with Crippen LogP contribution in [0.5, 0.6) is 0 Å². The van der Waals surface area contributed by atoms with E-state index in [-0.39, 0.29) is 32.7 Å². The van der Waals surface area contributed by atoms with Crippen LogP contribution in [0.2, 0.25) is 0 Å². The summed E-state index contributed by atoms with van der Waals surface area (Å²) in [7, 11) is 0. The molecule has 0 saturated carbocycles. The maximum Gasteiger partial charge on any atom is 0 e. The molecule has 1 aromatic carbocycles. The molecule has 0 heterocycles. The standard InChI is InChI=1S/C12H14.Y/c1-4-12(10(2)3)11-8-6-5-7-9-11;/h5-8,10H,1-3H3;/q-2;. The Bertz CT molecular complexity index is 260. The van der Waals surface area contributed by atoms with Gasteiger partial charge < -0.3 is 11.6 Å². The van der Waals surface area contributed by atoms with E-state index in [1.54, 1.807) is 0 Å². The van der Waals surface area contributed by atoms with Gasteiger partial charge in [0.1, 0.15) is 0 Å². The predicted molar refractivity (Wildman–Crippen MR) is 52.4 cm³/mol. The van der Waals surface area contributed by atoms with Gasteiger partial charge >= 0.3 is 0 Å². The van der Waals surface area contributed by atoms with Crippen molar-refractivity contribution in [1.82, 2.24) is 0 Å². The van der Waals surface area contributed by atoms with Crippen LogP contribution in [-0.4, -0.2) is 0 Å². The van der Waals surface area contributed by atoms with Crippen molar-refractivity contribution in [3.63, 3.8) is 0 Å². The van der Waals surface area contributed by atoms with Gasteiger partial charge in [0.25, 0.3) is 0 Å². The van der Waals surface area contributed by atoms with Gasteiger partial charge in [-0.2, -0.15) is 12.1 Å². The molecule has 13 heavy (non-hydrogen) atoms. The third-order valence-corrected chi connectivity index (χ3v) is 1.85. The van der Waals surface area contributed by atoms with Crippen molar-refractivity contribution in [1.29, 1.82) is 0 Å². The Hall–Kier alpha value is 0.0639. The van der Waals surface area contributed by atoms with Crippen molar-refractivity contribution >= 4 is 5.57 Å². The first-order valence-corrected chi connectivity index (χ1v) is 4.27. The zero-order valence-corrected chi connectivity index (χ0v) is 11.3. The van der Waals surface area contributed by atoms with Gasteiger partial charge in [-0.3, -0.25) is 5.57 Å². The Morgan fingerprint density at radius 3 is 2.46 bits per heavy atom. The van der Waals surface area contributed by atoms with E-state index < -0.39 is 0 Å². The molecule has 1 radical (unpaired) electrons. The second-order valence-electron chi connectivity index (χ2n) is 3.09. The van der Waals surface area contributed by atoms with Crippen molar-refractivity contribution in [3.05, 3.63) is 42.0 Å². The second kappa shape index (κ2) is 6.51. The fourth-order valence-corrected chi connectivity index (χ4v) is 1.30. The van der Waals surface area contributed by atoms with Crippen LogP contribution < -0.4 is 0 Å². The van der Waals surface area contributed by atoms with E-state index in [0.29, 0.717) is 5.92 Å². The molecular formula is C12H14Y-2. The molecule has 0 saturated heterocycles. The predicted octanol–water partition coefficient (Wildman–Crippen LogP) is 3.35. The molecule has 67 valence electrons. The molecule has 0 aliphatic heterocycles. The van der Waals surface area contributed by atoms with Crippen LogP contribution in [0.15, 0.2) is 24.3 Å². The molecule has 0 aliphatic carbocycles. The van der Waals surface area contributed by atoms with E-state index in [1.165, 1.54) is 5.57 Å². The topological polar surface area (TPSA) is 0 Å². The minimum Gasteiger partial charge on any atom is -0.326 e. The molecule has 0 atom stereocenters. The van der Waals surface area contributed by atoms with E-state index >= 15 is 0 Å². The summed E-state index contributed by atoms with van der Waals surface area (Å²) in [4.78, 5) is 0. The van der Waals surface area contributed by atoms with Gasteiger partial charge in [-0.1, -0.05) is 19.8 Å². The normalized spacial score (nSPS) is 11.2. The Balaban J connectivity index is 0.00000144. The molecular weight excluding hydrogens is 233 g/mol. The van der Waals surface area contributed by atoms with Crippen LogP contribution in [0.25, 0.3) is 5.57 Å². The van der Waals surface area contributed by atoms with Gasteiger partial charge in [0.15, 0.2) is 0 Å². The third kappa shape index (κ3) is 3.74. The summed E-state index contributed by atoms with van der Waals surface area (Å²) in [6.07, 6.45) is 3.20. The first-order valence-electron chi connectivity index (χ1n) is 4.27. The summed E-state index contributed by atoms with van der Waals surface area (Å²) in [5, 5.41) is 0. The molecule has 0 N–H and O–H groups in total. The van der Waals surface area contributed by atoms with Gasteiger partial charge in [0.2, 0.25) is 0 Å². The first-order chi connectivity index (χ1) is 5.75. The average Bonchev–Trinajstić information content (AvgIpc) is 2.07. The molecule has 0 unspecified atom stereocenters. The molecule has 1 heteroatoms. The van der Waals surface area contributed by atoms with Crippen molar-refractivity contribution < 1.29 is 32.7 Å². The summed E-state index contributed by atoms with van der Waals surface area (Å²) >= 11 is 0. The monoisotopic (exact) mass is 247 g/mol. The Morgan fingerprint density at radius 2 is 2.08 bits per heavy atom. The van der Waals surface area contributed by atoms with E-state index in [0.717, 1.165) is 5.56 Å². The summed E-state index contributed by atoms with van der Waals surface area (Å²) in [5.41, 5.74) is 2.41.